The lowest BCUT2D eigenvalue weighted by atomic mass is 9.79. The SMILES string of the molecule is COc1ccc2c(C)c[nH]c2c1-c1cc(C)c2c(c1Cl)C(C)CC(C)(C)N2. The Labute approximate surface area is 166 Å². The Bertz CT molecular complexity index is 1050. The molecule has 0 radical (unpaired) electrons. The Morgan fingerprint density at radius 2 is 1.93 bits per heavy atom. The summed E-state index contributed by atoms with van der Waals surface area (Å²) in [7, 11) is 1.71. The Balaban J connectivity index is 2.04. The summed E-state index contributed by atoms with van der Waals surface area (Å²) in [5.74, 6) is 1.22. The summed E-state index contributed by atoms with van der Waals surface area (Å²) in [6, 6.07) is 6.33. The number of H-pyrrole nitrogens is 1. The van der Waals surface area contributed by atoms with Crippen LogP contribution >= 0.6 is 11.6 Å². The maximum absolute atomic E-state index is 7.05. The van der Waals surface area contributed by atoms with E-state index in [2.05, 4.69) is 57.1 Å². The molecule has 1 aromatic heterocycles. The van der Waals surface area contributed by atoms with Gasteiger partial charge in [0.1, 0.15) is 5.75 Å². The van der Waals surface area contributed by atoms with Crippen LogP contribution in [0.2, 0.25) is 5.02 Å². The van der Waals surface area contributed by atoms with Gasteiger partial charge in [0, 0.05) is 33.9 Å². The summed E-state index contributed by atoms with van der Waals surface area (Å²) < 4.78 is 5.72. The molecule has 0 bridgehead atoms. The molecule has 0 fully saturated rings. The van der Waals surface area contributed by atoms with Gasteiger partial charge in [0.05, 0.1) is 17.6 Å². The number of ether oxygens (including phenoxy) is 1. The molecule has 1 aliphatic rings. The molecule has 4 rings (SSSR count). The van der Waals surface area contributed by atoms with Crippen LogP contribution in [0.5, 0.6) is 5.75 Å². The molecule has 0 saturated heterocycles. The van der Waals surface area contributed by atoms with Crippen molar-refractivity contribution in [3.63, 3.8) is 0 Å². The van der Waals surface area contributed by atoms with Crippen molar-refractivity contribution in [2.45, 2.75) is 52.5 Å². The smallest absolute Gasteiger partial charge is 0.128 e. The van der Waals surface area contributed by atoms with Gasteiger partial charge in [-0.25, -0.2) is 0 Å². The lowest BCUT2D eigenvalue weighted by Crippen LogP contribution is -2.37. The molecule has 1 aliphatic heterocycles. The summed E-state index contributed by atoms with van der Waals surface area (Å²) in [5.41, 5.74) is 8.04. The third-order valence-electron chi connectivity index (χ3n) is 5.78. The number of fused-ring (bicyclic) bond motifs is 2. The first-order valence-electron chi connectivity index (χ1n) is 9.49. The molecule has 3 nitrogen and oxygen atoms in total. The van der Waals surface area contributed by atoms with Crippen molar-refractivity contribution >= 4 is 28.2 Å². The van der Waals surface area contributed by atoms with Crippen LogP contribution in [0, 0.1) is 13.8 Å². The zero-order valence-corrected chi connectivity index (χ0v) is 17.6. The summed E-state index contributed by atoms with van der Waals surface area (Å²) in [5, 5.41) is 5.72. The number of aryl methyl sites for hydroxylation is 2. The summed E-state index contributed by atoms with van der Waals surface area (Å²) >= 11 is 7.05. The highest BCUT2D eigenvalue weighted by Crippen LogP contribution is 2.50. The molecule has 1 atom stereocenters. The molecular formula is C23H27ClN2O. The zero-order valence-electron chi connectivity index (χ0n) is 16.9. The highest BCUT2D eigenvalue weighted by atomic mass is 35.5. The van der Waals surface area contributed by atoms with Gasteiger partial charge in [0.25, 0.3) is 0 Å². The van der Waals surface area contributed by atoms with Crippen LogP contribution in [0.1, 0.15) is 49.8 Å². The summed E-state index contributed by atoms with van der Waals surface area (Å²) in [6.45, 7) is 11.0. The topological polar surface area (TPSA) is 37.0 Å². The average Bonchev–Trinajstić information content (AvgIpc) is 2.97. The minimum absolute atomic E-state index is 0.0658. The molecular weight excluding hydrogens is 356 g/mol. The Morgan fingerprint density at radius 1 is 1.19 bits per heavy atom. The van der Waals surface area contributed by atoms with E-state index in [-0.39, 0.29) is 5.54 Å². The maximum Gasteiger partial charge on any atom is 0.128 e. The number of hydrogen-bond acceptors (Lipinski definition) is 2. The van der Waals surface area contributed by atoms with Gasteiger partial charge in [0.15, 0.2) is 0 Å². The van der Waals surface area contributed by atoms with Crippen molar-refractivity contribution in [3.8, 4) is 16.9 Å². The summed E-state index contributed by atoms with van der Waals surface area (Å²) in [4.78, 5) is 3.43. The van der Waals surface area contributed by atoms with E-state index >= 15 is 0 Å². The highest BCUT2D eigenvalue weighted by molar-refractivity contribution is 6.35. The van der Waals surface area contributed by atoms with Crippen molar-refractivity contribution in [1.82, 2.24) is 4.98 Å². The number of hydrogen-bond donors (Lipinski definition) is 2. The number of rotatable bonds is 2. The Morgan fingerprint density at radius 3 is 2.63 bits per heavy atom. The van der Waals surface area contributed by atoms with Gasteiger partial charge in [-0.3, -0.25) is 0 Å². The van der Waals surface area contributed by atoms with Gasteiger partial charge in [-0.2, -0.15) is 0 Å². The first kappa shape index (κ1) is 18.2. The number of methoxy groups -OCH3 is 1. The van der Waals surface area contributed by atoms with E-state index in [0.29, 0.717) is 5.92 Å². The predicted molar refractivity (Wildman–Crippen MR) is 116 cm³/mol. The lowest BCUT2D eigenvalue weighted by Gasteiger charge is -2.39. The van der Waals surface area contributed by atoms with Crippen LogP contribution in [0.25, 0.3) is 22.0 Å². The van der Waals surface area contributed by atoms with E-state index in [1.165, 1.54) is 27.8 Å². The lowest BCUT2D eigenvalue weighted by molar-refractivity contribution is 0.417. The molecule has 0 saturated carbocycles. The Hall–Kier alpha value is -2.13. The van der Waals surface area contributed by atoms with Crippen LogP contribution in [0.15, 0.2) is 24.4 Å². The molecule has 2 aromatic carbocycles. The Kier molecular flexibility index (Phi) is 4.19. The van der Waals surface area contributed by atoms with Crippen LogP contribution in [-0.2, 0) is 0 Å². The molecule has 142 valence electrons. The monoisotopic (exact) mass is 382 g/mol. The molecule has 0 aliphatic carbocycles. The van der Waals surface area contributed by atoms with Gasteiger partial charge in [0.2, 0.25) is 0 Å². The largest absolute Gasteiger partial charge is 0.496 e. The molecule has 2 N–H and O–H groups in total. The van der Waals surface area contributed by atoms with Crippen molar-refractivity contribution in [3.05, 3.63) is 46.1 Å². The molecule has 27 heavy (non-hydrogen) atoms. The number of aromatic nitrogens is 1. The minimum Gasteiger partial charge on any atom is -0.496 e. The number of nitrogens with one attached hydrogen (secondary N) is 2. The number of halogens is 1. The maximum atomic E-state index is 7.05. The molecule has 0 amide bonds. The molecule has 2 heterocycles. The normalized spacial score (nSPS) is 18.3. The quantitative estimate of drug-likeness (QED) is 0.510. The van der Waals surface area contributed by atoms with E-state index in [4.69, 9.17) is 16.3 Å². The fraction of sp³-hybridized carbons (Fsp3) is 0.391. The second-order valence-electron chi connectivity index (χ2n) is 8.49. The first-order chi connectivity index (χ1) is 12.7. The van der Waals surface area contributed by atoms with Gasteiger partial charge in [-0.15, -0.1) is 0 Å². The molecule has 0 spiro atoms. The van der Waals surface area contributed by atoms with Crippen LogP contribution in [0.3, 0.4) is 0 Å². The average molecular weight is 383 g/mol. The zero-order chi connectivity index (χ0) is 19.5. The second kappa shape index (κ2) is 6.20. The van der Waals surface area contributed by atoms with Gasteiger partial charge >= 0.3 is 0 Å². The van der Waals surface area contributed by atoms with E-state index in [0.717, 1.165) is 33.8 Å². The highest BCUT2D eigenvalue weighted by Gasteiger charge is 2.33. The number of benzene rings is 2. The third-order valence-corrected chi connectivity index (χ3v) is 6.19. The van der Waals surface area contributed by atoms with Gasteiger partial charge in [-0.1, -0.05) is 18.5 Å². The van der Waals surface area contributed by atoms with Crippen molar-refractivity contribution in [1.29, 1.82) is 0 Å². The molecule has 4 heteroatoms. The second-order valence-corrected chi connectivity index (χ2v) is 8.87. The predicted octanol–water partition coefficient (Wildman–Crippen LogP) is 6.81. The fourth-order valence-corrected chi connectivity index (χ4v) is 5.07. The van der Waals surface area contributed by atoms with Crippen LogP contribution in [-0.4, -0.2) is 17.6 Å². The third kappa shape index (κ3) is 2.80. The van der Waals surface area contributed by atoms with E-state index in [9.17, 15) is 0 Å². The van der Waals surface area contributed by atoms with Crippen LogP contribution < -0.4 is 10.1 Å². The van der Waals surface area contributed by atoms with E-state index in [1.54, 1.807) is 7.11 Å². The van der Waals surface area contributed by atoms with Crippen molar-refractivity contribution < 1.29 is 4.74 Å². The van der Waals surface area contributed by atoms with Crippen molar-refractivity contribution in [2.75, 3.05) is 12.4 Å². The fourth-order valence-electron chi connectivity index (χ4n) is 4.64. The molecule has 3 aromatic rings. The number of anilines is 1. The molecule has 1 unspecified atom stereocenters. The van der Waals surface area contributed by atoms with Crippen LogP contribution in [0.4, 0.5) is 5.69 Å². The standard InChI is InChI=1S/C23H27ClN2O/c1-12-9-16(20(24)18-13(2)10-23(4,5)26-21(12)18)19-17(27-6)8-7-15-14(3)11-25-22(15)19/h7-9,11,13,25-26H,10H2,1-6H3. The van der Waals surface area contributed by atoms with E-state index in [1.807, 2.05) is 12.3 Å². The van der Waals surface area contributed by atoms with Crippen molar-refractivity contribution in [2.24, 2.45) is 0 Å². The minimum atomic E-state index is 0.0658. The first-order valence-corrected chi connectivity index (χ1v) is 9.87. The van der Waals surface area contributed by atoms with E-state index < -0.39 is 0 Å². The number of aromatic amines is 1. The van der Waals surface area contributed by atoms with Gasteiger partial charge < -0.3 is 15.0 Å². The summed E-state index contributed by atoms with van der Waals surface area (Å²) in [6.07, 6.45) is 3.09. The van der Waals surface area contributed by atoms with Gasteiger partial charge in [-0.05, 0) is 74.9 Å².